The molecule has 7 nitrogen and oxygen atoms in total. The summed E-state index contributed by atoms with van der Waals surface area (Å²) >= 11 is 0. The fraction of sp³-hybridized carbons (Fsp3) is 0.800. The molecule has 2 fully saturated rings. The average molecular weight is 345 g/mol. The topological polar surface area (TPSA) is 117 Å². The van der Waals surface area contributed by atoms with E-state index in [4.69, 9.17) is 16.1 Å². The van der Waals surface area contributed by atoms with Crippen LogP contribution in [0.1, 0.15) is 39.0 Å². The van der Waals surface area contributed by atoms with Crippen LogP contribution in [0.2, 0.25) is 0 Å². The van der Waals surface area contributed by atoms with Crippen LogP contribution in [0.4, 0.5) is 13.6 Å². The second-order valence-corrected chi connectivity index (χ2v) is 6.47. The van der Waals surface area contributed by atoms with Crippen molar-refractivity contribution in [1.82, 2.24) is 10.2 Å². The Morgan fingerprint density at radius 1 is 1.38 bits per heavy atom. The van der Waals surface area contributed by atoms with E-state index in [9.17, 15) is 18.4 Å². The van der Waals surface area contributed by atoms with E-state index >= 15 is 0 Å². The predicted octanol–water partition coefficient (Wildman–Crippen LogP) is 2.63. The van der Waals surface area contributed by atoms with Crippen molar-refractivity contribution in [3.63, 3.8) is 0 Å². The number of alkyl halides is 2. The van der Waals surface area contributed by atoms with Crippen molar-refractivity contribution >= 4 is 12.0 Å². The molecule has 2 rings (SSSR count). The number of carbonyl (C=O) groups excluding carboxylic acids is 1. The van der Waals surface area contributed by atoms with Gasteiger partial charge in [-0.25, -0.2) is 13.6 Å². The first kappa shape index (κ1) is 20.1. The number of rotatable bonds is 4. The number of nitrogens with zero attached hydrogens (tertiary/aromatic N) is 2. The lowest BCUT2D eigenvalue weighted by molar-refractivity contribution is -0.123. The van der Waals surface area contributed by atoms with Crippen LogP contribution in [0, 0.1) is 16.7 Å². The van der Waals surface area contributed by atoms with Crippen LogP contribution in [-0.4, -0.2) is 53.6 Å². The summed E-state index contributed by atoms with van der Waals surface area (Å²) in [6.45, 7) is 1.90. The summed E-state index contributed by atoms with van der Waals surface area (Å²) in [6.07, 6.45) is 3.28. The third kappa shape index (κ3) is 7.08. The molecular weight excluding hydrogens is 322 g/mol. The van der Waals surface area contributed by atoms with E-state index in [1.54, 1.807) is 6.07 Å². The lowest BCUT2D eigenvalue weighted by atomic mass is 9.94. The summed E-state index contributed by atoms with van der Waals surface area (Å²) in [6, 6.07) is 0.0935. The Morgan fingerprint density at radius 2 is 1.92 bits per heavy atom. The van der Waals surface area contributed by atoms with Gasteiger partial charge in [0.25, 0.3) is 0 Å². The fourth-order valence-corrected chi connectivity index (χ4v) is 2.55. The van der Waals surface area contributed by atoms with E-state index in [2.05, 4.69) is 0 Å². The normalized spacial score (nSPS) is 19.5. The zero-order valence-electron chi connectivity index (χ0n) is 13.6. The molecule has 1 aliphatic heterocycles. The molecule has 3 N–H and O–H groups in total. The largest absolute Gasteiger partial charge is 0.667 e. The second-order valence-electron chi connectivity index (χ2n) is 6.47. The predicted molar refractivity (Wildman–Crippen MR) is 82.5 cm³/mol. The molecule has 1 spiro atoms. The molecule has 1 saturated heterocycles. The number of carboxylic acid groups (broad SMARTS) is 1. The Labute approximate surface area is 139 Å². The summed E-state index contributed by atoms with van der Waals surface area (Å²) in [5, 5.41) is 18.7. The van der Waals surface area contributed by atoms with Gasteiger partial charge in [0.2, 0.25) is 11.8 Å². The van der Waals surface area contributed by atoms with Gasteiger partial charge in [-0.15, -0.1) is 0 Å². The third-order valence-electron chi connectivity index (χ3n) is 4.27. The number of nitrogens with one attached hydrogen (secondary N) is 2. The van der Waals surface area contributed by atoms with Crippen molar-refractivity contribution in [1.29, 1.82) is 5.26 Å². The number of hydrogen-bond donors (Lipinski definition) is 2. The minimum Gasteiger partial charge on any atom is -0.667 e. The highest BCUT2D eigenvalue weighted by Crippen LogP contribution is 2.53. The van der Waals surface area contributed by atoms with Gasteiger partial charge in [0.1, 0.15) is 6.54 Å². The van der Waals surface area contributed by atoms with Crippen molar-refractivity contribution < 1.29 is 23.5 Å². The number of halogens is 2. The van der Waals surface area contributed by atoms with Gasteiger partial charge in [-0.3, -0.25) is 4.79 Å². The second kappa shape index (κ2) is 8.24. The number of likely N-dealkylation sites (tertiary alicyclic amines) is 1. The van der Waals surface area contributed by atoms with Crippen LogP contribution in [-0.2, 0) is 4.79 Å². The Bertz CT molecular complexity index is 488. The van der Waals surface area contributed by atoms with Gasteiger partial charge in [-0.05, 0) is 38.0 Å². The van der Waals surface area contributed by atoms with E-state index in [-0.39, 0.29) is 6.54 Å². The van der Waals surface area contributed by atoms with Crippen LogP contribution in [0.15, 0.2) is 0 Å². The molecule has 1 saturated carbocycles. The fourth-order valence-electron chi connectivity index (χ4n) is 2.55. The smallest absolute Gasteiger partial charge is 0.407 e. The molecule has 0 aromatic carbocycles. The van der Waals surface area contributed by atoms with E-state index in [1.807, 2.05) is 5.32 Å². The Hall–Kier alpha value is -1.95. The van der Waals surface area contributed by atoms with Crippen LogP contribution >= 0.6 is 0 Å². The summed E-state index contributed by atoms with van der Waals surface area (Å²) in [5.41, 5.74) is 7.60. The number of amides is 2. The first-order valence-electron chi connectivity index (χ1n) is 7.80. The molecule has 9 heteroatoms. The summed E-state index contributed by atoms with van der Waals surface area (Å²) in [4.78, 5) is 22.8. The van der Waals surface area contributed by atoms with E-state index < -0.39 is 30.4 Å². The first-order chi connectivity index (χ1) is 11.1. The average Bonchev–Trinajstić information content (AvgIpc) is 3.23. The van der Waals surface area contributed by atoms with Gasteiger partial charge in [0.15, 0.2) is 0 Å². The monoisotopic (exact) mass is 345 g/mol. The molecule has 136 valence electrons. The van der Waals surface area contributed by atoms with Crippen molar-refractivity contribution in [3.8, 4) is 6.07 Å². The van der Waals surface area contributed by atoms with Crippen molar-refractivity contribution in [2.24, 2.45) is 5.41 Å². The van der Waals surface area contributed by atoms with E-state index in [0.29, 0.717) is 12.3 Å². The molecule has 2 aliphatic rings. The number of nitriles is 1. The lowest BCUT2D eigenvalue weighted by Crippen LogP contribution is -2.37. The van der Waals surface area contributed by atoms with Gasteiger partial charge in [-0.2, -0.15) is 5.26 Å². The zero-order chi connectivity index (χ0) is 18.4. The summed E-state index contributed by atoms with van der Waals surface area (Å²) < 4.78 is 24.6. The van der Waals surface area contributed by atoms with Crippen LogP contribution in [0.5, 0.6) is 0 Å². The zero-order valence-corrected chi connectivity index (χ0v) is 13.6. The molecule has 2 amide bonds. The van der Waals surface area contributed by atoms with Crippen molar-refractivity contribution in [2.45, 2.75) is 51.0 Å². The summed E-state index contributed by atoms with van der Waals surface area (Å²) in [5.74, 6) is -3.88. The number of hydrogen-bond acceptors (Lipinski definition) is 3. The minimum absolute atomic E-state index is 0.260. The van der Waals surface area contributed by atoms with Crippen molar-refractivity contribution in [3.05, 3.63) is 5.73 Å². The molecular formula is C15H23F2N4O3-. The van der Waals surface area contributed by atoms with Gasteiger partial charge >= 0.3 is 6.09 Å². The maximum absolute atomic E-state index is 12.3. The van der Waals surface area contributed by atoms with Gasteiger partial charge in [0, 0.05) is 19.5 Å². The van der Waals surface area contributed by atoms with Gasteiger partial charge in [0.05, 0.1) is 6.07 Å². The van der Waals surface area contributed by atoms with Crippen LogP contribution < -0.4 is 5.32 Å². The molecule has 1 atom stereocenters. The Morgan fingerprint density at radius 3 is 2.29 bits per heavy atom. The van der Waals surface area contributed by atoms with Crippen LogP contribution in [0.3, 0.4) is 0 Å². The Kier molecular flexibility index (Phi) is 6.90. The van der Waals surface area contributed by atoms with Gasteiger partial charge < -0.3 is 21.1 Å². The lowest BCUT2D eigenvalue weighted by Gasteiger charge is -2.29. The SMILES string of the molecule is CC(F)(F)C[C@H]([NH-])C(=O)NCC#N.O=C(O)N1CCC2(CC1)CC2. The molecule has 1 heterocycles. The van der Waals surface area contributed by atoms with Crippen molar-refractivity contribution in [2.75, 3.05) is 19.6 Å². The van der Waals surface area contributed by atoms with Crippen LogP contribution in [0.25, 0.3) is 5.73 Å². The highest BCUT2D eigenvalue weighted by atomic mass is 19.3. The quantitative estimate of drug-likeness (QED) is 0.761. The minimum atomic E-state index is -3.03. The first-order valence-corrected chi connectivity index (χ1v) is 7.80. The molecule has 0 unspecified atom stereocenters. The molecule has 24 heavy (non-hydrogen) atoms. The summed E-state index contributed by atoms with van der Waals surface area (Å²) in [7, 11) is 0. The highest BCUT2D eigenvalue weighted by molar-refractivity contribution is 5.83. The Balaban J connectivity index is 0.000000242. The number of piperidine rings is 1. The maximum atomic E-state index is 12.3. The maximum Gasteiger partial charge on any atom is 0.407 e. The molecule has 0 bridgehead atoms. The number of carbonyl (C=O) groups is 2. The third-order valence-corrected chi connectivity index (χ3v) is 4.27. The standard InChI is InChI=1S/C8H13NO2.C7H10F2N3O/c10-7(11)9-5-3-8(1-2-8)4-6-9;1-7(8,9)4-5(11)6(13)12-3-2-10/h1-6H2,(H,10,11);5,11H,3-4H2,1H3,(H,12,13)/q;-1/t;5-/m.0/s1. The van der Waals surface area contributed by atoms with Gasteiger partial charge in [-0.1, -0.05) is 6.04 Å². The van der Waals surface area contributed by atoms with E-state index in [1.165, 1.54) is 17.7 Å². The molecule has 0 aromatic heterocycles. The molecule has 0 radical (unpaired) electrons. The van der Waals surface area contributed by atoms with E-state index in [0.717, 1.165) is 25.9 Å². The molecule has 0 aromatic rings. The highest BCUT2D eigenvalue weighted by Gasteiger charge is 2.45. The molecule has 1 aliphatic carbocycles.